The molecule has 1 amide bonds. The number of hydrogen-bond donors (Lipinski definition) is 0. The third kappa shape index (κ3) is 3.27. The second-order valence-corrected chi connectivity index (χ2v) is 5.45. The number of nitrogens with zero attached hydrogens (tertiary/aromatic N) is 1. The van der Waals surface area contributed by atoms with Crippen LogP contribution in [0.3, 0.4) is 0 Å². The molecule has 0 bridgehead atoms. The Morgan fingerprint density at radius 3 is 2.41 bits per heavy atom. The molecule has 4 heteroatoms. The lowest BCUT2D eigenvalue weighted by molar-refractivity contribution is 0.0906. The topological polar surface area (TPSA) is 29.5 Å². The smallest absolute Gasteiger partial charge is 0.410 e. The van der Waals surface area contributed by atoms with Crippen LogP contribution in [-0.2, 0) is 11.3 Å². The molecule has 0 radical (unpaired) electrons. The summed E-state index contributed by atoms with van der Waals surface area (Å²) >= 11 is 0. The Balaban J connectivity index is 1.67. The van der Waals surface area contributed by atoms with Gasteiger partial charge in [0.2, 0.25) is 0 Å². The van der Waals surface area contributed by atoms with Crippen molar-refractivity contribution in [2.24, 2.45) is 0 Å². The van der Waals surface area contributed by atoms with Crippen molar-refractivity contribution in [3.8, 4) is 0 Å². The number of hydrogen-bond acceptors (Lipinski definition) is 2. The molecule has 0 spiro atoms. The Hall–Kier alpha value is -2.36. The van der Waals surface area contributed by atoms with Crippen LogP contribution in [0, 0.1) is 0 Å². The maximum Gasteiger partial charge on any atom is 0.410 e. The summed E-state index contributed by atoms with van der Waals surface area (Å²) in [5.74, 6) is 0. The number of halogens is 1. The molecule has 0 aliphatic carbocycles. The van der Waals surface area contributed by atoms with Gasteiger partial charge in [0.05, 0.1) is 12.6 Å². The minimum atomic E-state index is -1.01. The summed E-state index contributed by atoms with van der Waals surface area (Å²) in [6.07, 6.45) is -1.14. The van der Waals surface area contributed by atoms with Crippen LogP contribution in [0.25, 0.3) is 0 Å². The average Bonchev–Trinajstić information content (AvgIpc) is 2.96. The van der Waals surface area contributed by atoms with Crippen LogP contribution in [0.4, 0.5) is 9.18 Å². The van der Waals surface area contributed by atoms with Gasteiger partial charge in [-0.05, 0) is 11.1 Å². The Morgan fingerprint density at radius 2 is 1.73 bits per heavy atom. The summed E-state index contributed by atoms with van der Waals surface area (Å²) < 4.78 is 19.1. The molecule has 1 heterocycles. The van der Waals surface area contributed by atoms with Crippen molar-refractivity contribution in [3.63, 3.8) is 0 Å². The average molecular weight is 299 g/mol. The lowest BCUT2D eigenvalue weighted by Gasteiger charge is -2.24. The molecule has 3 rings (SSSR count). The highest BCUT2D eigenvalue weighted by Crippen LogP contribution is 2.34. The van der Waals surface area contributed by atoms with Crippen LogP contribution in [0.2, 0.25) is 0 Å². The van der Waals surface area contributed by atoms with Crippen molar-refractivity contribution in [1.29, 1.82) is 0 Å². The summed E-state index contributed by atoms with van der Waals surface area (Å²) in [7, 11) is 0. The van der Waals surface area contributed by atoms with Crippen molar-refractivity contribution < 1.29 is 13.9 Å². The van der Waals surface area contributed by atoms with Crippen molar-refractivity contribution in [2.45, 2.75) is 25.2 Å². The molecule has 2 aromatic rings. The highest BCUT2D eigenvalue weighted by molar-refractivity contribution is 5.69. The summed E-state index contributed by atoms with van der Waals surface area (Å²) in [5.41, 5.74) is 1.86. The SMILES string of the molecule is O=C(OCc1ccccc1)N1CC(F)CC1c1ccccc1. The largest absolute Gasteiger partial charge is 0.445 e. The normalized spacial score (nSPS) is 20.9. The first-order valence-electron chi connectivity index (χ1n) is 7.40. The Labute approximate surface area is 129 Å². The fourth-order valence-corrected chi connectivity index (χ4v) is 2.78. The Bertz CT molecular complexity index is 617. The van der Waals surface area contributed by atoms with E-state index < -0.39 is 12.3 Å². The summed E-state index contributed by atoms with van der Waals surface area (Å²) in [4.78, 5) is 13.8. The fourth-order valence-electron chi connectivity index (χ4n) is 2.78. The third-order valence-corrected chi connectivity index (χ3v) is 3.87. The minimum absolute atomic E-state index is 0.0905. The van der Waals surface area contributed by atoms with Gasteiger partial charge in [-0.1, -0.05) is 60.7 Å². The first-order chi connectivity index (χ1) is 10.7. The monoisotopic (exact) mass is 299 g/mol. The lowest BCUT2D eigenvalue weighted by atomic mass is 10.0. The van der Waals surface area contributed by atoms with Gasteiger partial charge in [0.15, 0.2) is 0 Å². The minimum Gasteiger partial charge on any atom is -0.445 e. The zero-order valence-corrected chi connectivity index (χ0v) is 12.2. The molecular formula is C18H18FNO2. The van der Waals surface area contributed by atoms with Crippen LogP contribution >= 0.6 is 0 Å². The second-order valence-electron chi connectivity index (χ2n) is 5.45. The molecule has 0 aromatic heterocycles. The molecule has 1 saturated heterocycles. The van der Waals surface area contributed by atoms with E-state index in [9.17, 15) is 9.18 Å². The molecule has 3 nitrogen and oxygen atoms in total. The molecule has 2 atom stereocenters. The van der Waals surface area contributed by atoms with Crippen LogP contribution < -0.4 is 0 Å². The van der Waals surface area contributed by atoms with Gasteiger partial charge < -0.3 is 4.74 Å². The molecular weight excluding hydrogens is 281 g/mol. The lowest BCUT2D eigenvalue weighted by Crippen LogP contribution is -2.31. The number of carbonyl (C=O) groups excluding carboxylic acids is 1. The van der Waals surface area contributed by atoms with Crippen molar-refractivity contribution in [1.82, 2.24) is 4.90 Å². The highest BCUT2D eigenvalue weighted by Gasteiger charge is 2.37. The molecule has 1 aliphatic rings. The Kier molecular flexibility index (Phi) is 4.37. The van der Waals surface area contributed by atoms with Gasteiger partial charge in [0, 0.05) is 6.42 Å². The van der Waals surface area contributed by atoms with Crippen LogP contribution in [-0.4, -0.2) is 23.7 Å². The van der Waals surface area contributed by atoms with Crippen LogP contribution in [0.5, 0.6) is 0 Å². The van der Waals surface area contributed by atoms with Gasteiger partial charge in [-0.3, -0.25) is 4.90 Å². The third-order valence-electron chi connectivity index (χ3n) is 3.87. The predicted octanol–water partition coefficient (Wildman–Crippen LogP) is 4.11. The second kappa shape index (κ2) is 6.60. The molecule has 0 saturated carbocycles. The van der Waals surface area contributed by atoms with Crippen LogP contribution in [0.15, 0.2) is 60.7 Å². The van der Waals surface area contributed by atoms with Gasteiger partial charge in [0.25, 0.3) is 0 Å². The van der Waals surface area contributed by atoms with E-state index in [1.807, 2.05) is 60.7 Å². The number of likely N-dealkylation sites (tertiary alicyclic amines) is 1. The van der Waals surface area contributed by atoms with E-state index in [1.54, 1.807) is 0 Å². The zero-order chi connectivity index (χ0) is 15.4. The first kappa shape index (κ1) is 14.6. The van der Waals surface area contributed by atoms with E-state index in [4.69, 9.17) is 4.74 Å². The van der Waals surface area contributed by atoms with E-state index >= 15 is 0 Å². The standard InChI is InChI=1S/C18H18FNO2/c19-16-11-17(15-9-5-2-6-10-15)20(12-16)18(21)22-13-14-7-3-1-4-8-14/h1-10,16-17H,11-13H2. The summed E-state index contributed by atoms with van der Waals surface area (Å²) in [5, 5.41) is 0. The molecule has 0 N–H and O–H groups in total. The van der Waals surface area contributed by atoms with Gasteiger partial charge in [-0.2, -0.15) is 0 Å². The van der Waals surface area contributed by atoms with E-state index in [-0.39, 0.29) is 19.2 Å². The highest BCUT2D eigenvalue weighted by atomic mass is 19.1. The quantitative estimate of drug-likeness (QED) is 0.853. The zero-order valence-electron chi connectivity index (χ0n) is 12.2. The molecule has 1 fully saturated rings. The molecule has 114 valence electrons. The number of rotatable bonds is 3. The number of ether oxygens (including phenoxy) is 1. The molecule has 22 heavy (non-hydrogen) atoms. The molecule has 1 aliphatic heterocycles. The van der Waals surface area contributed by atoms with Crippen molar-refractivity contribution in [3.05, 3.63) is 71.8 Å². The van der Waals surface area contributed by atoms with E-state index in [0.29, 0.717) is 6.42 Å². The maximum absolute atomic E-state index is 13.8. The molecule has 2 aromatic carbocycles. The van der Waals surface area contributed by atoms with Gasteiger partial charge in [-0.15, -0.1) is 0 Å². The predicted molar refractivity (Wildman–Crippen MR) is 82.0 cm³/mol. The summed E-state index contributed by atoms with van der Waals surface area (Å²) in [6.45, 7) is 0.293. The Morgan fingerprint density at radius 1 is 1.09 bits per heavy atom. The van der Waals surface area contributed by atoms with Crippen LogP contribution in [0.1, 0.15) is 23.6 Å². The van der Waals surface area contributed by atoms with Gasteiger partial charge in [-0.25, -0.2) is 9.18 Å². The summed E-state index contributed by atoms with van der Waals surface area (Å²) in [6, 6.07) is 18.8. The van der Waals surface area contributed by atoms with E-state index in [0.717, 1.165) is 11.1 Å². The maximum atomic E-state index is 13.8. The number of alkyl halides is 1. The first-order valence-corrected chi connectivity index (χ1v) is 7.40. The van der Waals surface area contributed by atoms with Crippen molar-refractivity contribution >= 4 is 6.09 Å². The number of amides is 1. The number of carbonyl (C=O) groups is 1. The number of benzene rings is 2. The van der Waals surface area contributed by atoms with Gasteiger partial charge >= 0.3 is 6.09 Å². The fraction of sp³-hybridized carbons (Fsp3) is 0.278. The molecule has 2 unspecified atom stereocenters. The van der Waals surface area contributed by atoms with E-state index in [1.165, 1.54) is 4.90 Å². The van der Waals surface area contributed by atoms with Gasteiger partial charge in [0.1, 0.15) is 12.8 Å². The van der Waals surface area contributed by atoms with Crippen molar-refractivity contribution in [2.75, 3.05) is 6.54 Å². The van der Waals surface area contributed by atoms with E-state index in [2.05, 4.69) is 0 Å².